The van der Waals surface area contributed by atoms with E-state index in [9.17, 15) is 9.59 Å². The Bertz CT molecular complexity index is 183. The van der Waals surface area contributed by atoms with E-state index < -0.39 is 16.4 Å². The molecule has 0 radical (unpaired) electrons. The van der Waals surface area contributed by atoms with Crippen molar-refractivity contribution >= 4 is 33.7 Å². The van der Waals surface area contributed by atoms with Crippen LogP contribution in [0.15, 0.2) is 0 Å². The van der Waals surface area contributed by atoms with Gasteiger partial charge in [0, 0.05) is 25.6 Å². The average Bonchev–Trinajstić information content (AvgIpc) is 2.59. The van der Waals surface area contributed by atoms with Crippen molar-refractivity contribution in [1.82, 2.24) is 0 Å². The predicted octanol–water partition coefficient (Wildman–Crippen LogP) is 2.34. The van der Waals surface area contributed by atoms with Gasteiger partial charge in [0.25, 0.3) is 0 Å². The van der Waals surface area contributed by atoms with Crippen LogP contribution in [0, 0.1) is 5.92 Å². The molecule has 1 heterocycles. The number of halogens is 2. The molecular formula is C9H14Cl2O3. The zero-order valence-electron chi connectivity index (χ0n) is 8.09. The fourth-order valence-corrected chi connectivity index (χ4v) is 1.14. The van der Waals surface area contributed by atoms with E-state index in [0.717, 1.165) is 13.2 Å². The van der Waals surface area contributed by atoms with Crippen molar-refractivity contribution in [3.8, 4) is 0 Å². The Hall–Kier alpha value is -0.120. The summed E-state index contributed by atoms with van der Waals surface area (Å²) in [5.41, 5.74) is 0. The second-order valence-electron chi connectivity index (χ2n) is 3.08. The van der Waals surface area contributed by atoms with Gasteiger partial charge in [0.15, 0.2) is 0 Å². The van der Waals surface area contributed by atoms with Crippen LogP contribution in [0.3, 0.4) is 0 Å². The second kappa shape index (κ2) is 8.21. The van der Waals surface area contributed by atoms with Crippen molar-refractivity contribution in [2.45, 2.75) is 26.2 Å². The summed E-state index contributed by atoms with van der Waals surface area (Å²) in [7, 11) is 0. The smallest absolute Gasteiger partial charge is 0.224 e. The maximum atomic E-state index is 10.2. The van der Waals surface area contributed by atoms with E-state index in [1.807, 2.05) is 0 Å². The SMILES string of the molecule is C1CCOC1.CC(CC(=O)Cl)C(=O)Cl. The third kappa shape index (κ3) is 8.48. The Balaban J connectivity index is 0.000000280. The normalized spacial score (nSPS) is 16.8. The van der Waals surface area contributed by atoms with Gasteiger partial charge in [0.2, 0.25) is 10.5 Å². The molecule has 0 aromatic carbocycles. The Morgan fingerprint density at radius 2 is 1.79 bits per heavy atom. The highest BCUT2D eigenvalue weighted by molar-refractivity contribution is 6.66. The third-order valence-electron chi connectivity index (χ3n) is 1.68. The van der Waals surface area contributed by atoms with Gasteiger partial charge < -0.3 is 4.74 Å². The van der Waals surface area contributed by atoms with Gasteiger partial charge >= 0.3 is 0 Å². The molecule has 0 bridgehead atoms. The van der Waals surface area contributed by atoms with Crippen LogP contribution >= 0.6 is 23.2 Å². The summed E-state index contributed by atoms with van der Waals surface area (Å²) in [5, 5.41) is -1.06. The molecule has 3 nitrogen and oxygen atoms in total. The summed E-state index contributed by atoms with van der Waals surface area (Å²) < 4.78 is 4.94. The Kier molecular flexibility index (Phi) is 8.14. The number of carbonyl (C=O) groups is 2. The molecule has 0 aliphatic carbocycles. The fourth-order valence-electron chi connectivity index (χ4n) is 0.831. The Morgan fingerprint density at radius 1 is 1.29 bits per heavy atom. The molecule has 1 aliphatic rings. The molecule has 1 atom stereocenters. The molecule has 1 aliphatic heterocycles. The summed E-state index contributed by atoms with van der Waals surface area (Å²) in [6.07, 6.45) is 2.57. The van der Waals surface area contributed by atoms with E-state index in [0.29, 0.717) is 0 Å². The van der Waals surface area contributed by atoms with Gasteiger partial charge in [-0.3, -0.25) is 9.59 Å². The Labute approximate surface area is 93.7 Å². The van der Waals surface area contributed by atoms with Crippen molar-refractivity contribution in [2.75, 3.05) is 13.2 Å². The first-order chi connectivity index (χ1) is 6.54. The van der Waals surface area contributed by atoms with E-state index >= 15 is 0 Å². The summed E-state index contributed by atoms with van der Waals surface area (Å²) in [5.74, 6) is -0.461. The van der Waals surface area contributed by atoms with Gasteiger partial charge in [0.05, 0.1) is 0 Å². The fraction of sp³-hybridized carbons (Fsp3) is 0.778. The lowest BCUT2D eigenvalue weighted by atomic mass is 10.1. The standard InChI is InChI=1S/C5H6Cl2O2.C4H8O/c1-3(5(7)9)2-4(6)8;1-2-4-5-3-1/h3H,2H2,1H3;1-4H2. The quantitative estimate of drug-likeness (QED) is 0.712. The summed E-state index contributed by atoms with van der Waals surface area (Å²) >= 11 is 9.99. The molecule has 1 fully saturated rings. The number of hydrogen-bond donors (Lipinski definition) is 0. The monoisotopic (exact) mass is 240 g/mol. The number of hydrogen-bond acceptors (Lipinski definition) is 3. The van der Waals surface area contributed by atoms with Gasteiger partial charge in [-0.15, -0.1) is 0 Å². The van der Waals surface area contributed by atoms with Crippen molar-refractivity contribution in [3.05, 3.63) is 0 Å². The molecule has 0 N–H and O–H groups in total. The average molecular weight is 241 g/mol. The molecule has 0 aromatic rings. The lowest BCUT2D eigenvalue weighted by Gasteiger charge is -1.98. The van der Waals surface area contributed by atoms with Crippen LogP contribution in [0.25, 0.3) is 0 Å². The lowest BCUT2D eigenvalue weighted by Crippen LogP contribution is -2.06. The highest BCUT2D eigenvalue weighted by Crippen LogP contribution is 2.07. The minimum absolute atomic E-state index is 0.0177. The Morgan fingerprint density at radius 3 is 1.93 bits per heavy atom. The van der Waals surface area contributed by atoms with Crippen molar-refractivity contribution < 1.29 is 14.3 Å². The summed E-state index contributed by atoms with van der Waals surface area (Å²) in [6.45, 7) is 3.55. The van der Waals surface area contributed by atoms with Crippen LogP contribution < -0.4 is 0 Å². The maximum absolute atomic E-state index is 10.2. The van der Waals surface area contributed by atoms with E-state index in [-0.39, 0.29) is 6.42 Å². The minimum atomic E-state index is -0.531. The number of rotatable bonds is 3. The van der Waals surface area contributed by atoms with Crippen LogP contribution in [0.2, 0.25) is 0 Å². The van der Waals surface area contributed by atoms with Crippen LogP contribution in [0.1, 0.15) is 26.2 Å². The van der Waals surface area contributed by atoms with Gasteiger partial charge in [-0.2, -0.15) is 0 Å². The predicted molar refractivity (Wildman–Crippen MR) is 55.6 cm³/mol. The van der Waals surface area contributed by atoms with Crippen molar-refractivity contribution in [2.24, 2.45) is 5.92 Å². The van der Waals surface area contributed by atoms with Gasteiger partial charge in [-0.1, -0.05) is 6.92 Å². The zero-order chi connectivity index (χ0) is 11.0. The molecule has 14 heavy (non-hydrogen) atoms. The molecule has 0 aromatic heterocycles. The first-order valence-electron chi connectivity index (χ1n) is 4.49. The number of ether oxygens (including phenoxy) is 1. The zero-order valence-corrected chi connectivity index (χ0v) is 9.61. The third-order valence-corrected chi connectivity index (χ3v) is 2.21. The maximum Gasteiger partial charge on any atom is 0.224 e. The molecule has 1 unspecified atom stereocenters. The van der Waals surface area contributed by atoms with Crippen LogP contribution in [-0.4, -0.2) is 23.7 Å². The molecular weight excluding hydrogens is 227 g/mol. The molecule has 1 rings (SSSR count). The number of carbonyl (C=O) groups excluding carboxylic acids is 2. The van der Waals surface area contributed by atoms with Gasteiger partial charge in [-0.25, -0.2) is 0 Å². The van der Waals surface area contributed by atoms with E-state index in [4.69, 9.17) is 27.9 Å². The molecule has 82 valence electrons. The largest absolute Gasteiger partial charge is 0.381 e. The van der Waals surface area contributed by atoms with Crippen molar-refractivity contribution in [3.63, 3.8) is 0 Å². The van der Waals surface area contributed by atoms with Gasteiger partial charge in [0.1, 0.15) is 0 Å². The minimum Gasteiger partial charge on any atom is -0.381 e. The molecule has 0 spiro atoms. The van der Waals surface area contributed by atoms with Gasteiger partial charge in [-0.05, 0) is 36.0 Å². The lowest BCUT2D eigenvalue weighted by molar-refractivity contribution is -0.119. The highest BCUT2D eigenvalue weighted by Gasteiger charge is 2.12. The van der Waals surface area contributed by atoms with E-state index in [2.05, 4.69) is 0 Å². The van der Waals surface area contributed by atoms with Crippen LogP contribution in [0.4, 0.5) is 0 Å². The second-order valence-corrected chi connectivity index (χ2v) is 3.88. The highest BCUT2D eigenvalue weighted by atomic mass is 35.5. The van der Waals surface area contributed by atoms with Crippen LogP contribution in [-0.2, 0) is 14.3 Å². The first-order valence-corrected chi connectivity index (χ1v) is 5.25. The molecule has 0 amide bonds. The summed E-state index contributed by atoms with van der Waals surface area (Å²) in [4.78, 5) is 20.3. The topological polar surface area (TPSA) is 43.4 Å². The molecule has 5 heteroatoms. The molecule has 0 saturated carbocycles. The van der Waals surface area contributed by atoms with Crippen molar-refractivity contribution in [1.29, 1.82) is 0 Å². The first kappa shape index (κ1) is 13.9. The van der Waals surface area contributed by atoms with Crippen LogP contribution in [0.5, 0.6) is 0 Å². The molecule has 1 saturated heterocycles. The van der Waals surface area contributed by atoms with E-state index in [1.165, 1.54) is 12.8 Å². The summed E-state index contributed by atoms with van der Waals surface area (Å²) in [6, 6.07) is 0. The van der Waals surface area contributed by atoms with E-state index in [1.54, 1.807) is 6.92 Å².